The van der Waals surface area contributed by atoms with Gasteiger partial charge >= 0.3 is 6.18 Å². The van der Waals surface area contributed by atoms with Gasteiger partial charge < -0.3 is 10.2 Å². The Balaban J connectivity index is 2.17. The van der Waals surface area contributed by atoms with Crippen LogP contribution in [0.3, 0.4) is 0 Å². The molecule has 0 atom stereocenters. The molecule has 2 aromatic heterocycles. The van der Waals surface area contributed by atoms with Gasteiger partial charge in [-0.15, -0.1) is 0 Å². The molecular weight excluding hydrogens is 235 g/mol. The Labute approximate surface area is 94.8 Å². The predicted octanol–water partition coefficient (Wildman–Crippen LogP) is 2.00. The average molecular weight is 245 g/mol. The highest BCUT2D eigenvalue weighted by molar-refractivity contribution is 5.17. The number of nitrogens with two attached hydrogens (primary N) is 1. The lowest BCUT2D eigenvalue weighted by molar-refractivity contribution is -0.141. The van der Waals surface area contributed by atoms with E-state index in [1.54, 1.807) is 6.07 Å². The average Bonchev–Trinajstić information content (AvgIpc) is 2.86. The third kappa shape index (κ3) is 2.50. The van der Waals surface area contributed by atoms with E-state index in [0.29, 0.717) is 5.76 Å². The lowest BCUT2D eigenvalue weighted by atomic mass is 10.2. The Morgan fingerprint density at radius 1 is 1.35 bits per heavy atom. The molecule has 0 saturated heterocycles. The molecule has 0 aromatic carbocycles. The zero-order valence-corrected chi connectivity index (χ0v) is 8.74. The Kier molecular flexibility index (Phi) is 2.93. The monoisotopic (exact) mass is 245 g/mol. The molecule has 0 aliphatic carbocycles. The maximum absolute atomic E-state index is 12.3. The van der Waals surface area contributed by atoms with Crippen LogP contribution in [0.2, 0.25) is 0 Å². The zero-order chi connectivity index (χ0) is 12.5. The van der Waals surface area contributed by atoms with Crippen molar-refractivity contribution in [1.82, 2.24) is 9.78 Å². The topological polar surface area (TPSA) is 57.0 Å². The van der Waals surface area contributed by atoms with Crippen LogP contribution in [0.25, 0.3) is 0 Å². The van der Waals surface area contributed by atoms with Gasteiger partial charge in [0.2, 0.25) is 0 Å². The summed E-state index contributed by atoms with van der Waals surface area (Å²) in [6.07, 6.45) is -1.72. The molecule has 0 unspecified atom stereocenters. The molecule has 0 radical (unpaired) electrons. The van der Waals surface area contributed by atoms with E-state index in [2.05, 4.69) is 5.10 Å². The summed E-state index contributed by atoms with van der Waals surface area (Å²) >= 11 is 0. The van der Waals surface area contributed by atoms with Gasteiger partial charge in [0.15, 0.2) is 5.69 Å². The zero-order valence-electron chi connectivity index (χ0n) is 8.74. The fraction of sp³-hybridized carbons (Fsp3) is 0.300. The molecule has 2 rings (SSSR count). The van der Waals surface area contributed by atoms with Gasteiger partial charge in [-0.05, 0) is 12.1 Å². The van der Waals surface area contributed by atoms with Crippen LogP contribution in [0.15, 0.2) is 29.0 Å². The predicted molar refractivity (Wildman–Crippen MR) is 52.9 cm³/mol. The van der Waals surface area contributed by atoms with Crippen molar-refractivity contribution in [3.05, 3.63) is 41.6 Å². The van der Waals surface area contributed by atoms with Crippen molar-refractivity contribution in [2.45, 2.75) is 19.3 Å². The molecule has 17 heavy (non-hydrogen) atoms. The summed E-state index contributed by atoms with van der Waals surface area (Å²) in [7, 11) is 0. The number of nitrogens with zero attached hydrogens (tertiary/aromatic N) is 2. The third-order valence-electron chi connectivity index (χ3n) is 2.29. The van der Waals surface area contributed by atoms with Crippen LogP contribution >= 0.6 is 0 Å². The molecule has 2 aromatic rings. The van der Waals surface area contributed by atoms with Gasteiger partial charge in [-0.2, -0.15) is 18.3 Å². The van der Waals surface area contributed by atoms with Crippen LogP contribution in [0.5, 0.6) is 0 Å². The fourth-order valence-corrected chi connectivity index (χ4v) is 1.44. The van der Waals surface area contributed by atoms with E-state index < -0.39 is 11.9 Å². The van der Waals surface area contributed by atoms with Crippen molar-refractivity contribution in [1.29, 1.82) is 0 Å². The van der Waals surface area contributed by atoms with Crippen molar-refractivity contribution in [3.63, 3.8) is 0 Å². The van der Waals surface area contributed by atoms with Gasteiger partial charge in [0.25, 0.3) is 0 Å². The number of rotatable bonds is 3. The van der Waals surface area contributed by atoms with Crippen LogP contribution in [-0.2, 0) is 19.3 Å². The molecule has 0 fully saturated rings. The van der Waals surface area contributed by atoms with Gasteiger partial charge in [-0.3, -0.25) is 4.68 Å². The van der Waals surface area contributed by atoms with E-state index in [4.69, 9.17) is 10.2 Å². The molecule has 0 amide bonds. The molecule has 2 heterocycles. The van der Waals surface area contributed by atoms with Gasteiger partial charge in [0.1, 0.15) is 5.76 Å². The van der Waals surface area contributed by atoms with Gasteiger partial charge in [0.05, 0.1) is 12.8 Å². The molecule has 0 saturated carbocycles. The first kappa shape index (κ1) is 11.7. The summed E-state index contributed by atoms with van der Waals surface area (Å²) in [5, 5.41) is 3.42. The highest BCUT2D eigenvalue weighted by atomic mass is 19.4. The van der Waals surface area contributed by atoms with Crippen LogP contribution in [-0.4, -0.2) is 9.78 Å². The maximum atomic E-state index is 12.3. The van der Waals surface area contributed by atoms with E-state index in [0.717, 1.165) is 11.6 Å². The van der Waals surface area contributed by atoms with Gasteiger partial charge in [0, 0.05) is 18.3 Å². The molecule has 0 spiro atoms. The molecule has 0 aliphatic rings. The number of halogens is 3. The second kappa shape index (κ2) is 4.25. The second-order valence-electron chi connectivity index (χ2n) is 3.47. The first-order valence-corrected chi connectivity index (χ1v) is 4.86. The van der Waals surface area contributed by atoms with Crippen molar-refractivity contribution in [2.75, 3.05) is 0 Å². The molecular formula is C10H10F3N3O. The molecule has 2 N–H and O–H groups in total. The second-order valence-corrected chi connectivity index (χ2v) is 3.47. The smallest absolute Gasteiger partial charge is 0.435 e. The fourth-order valence-electron chi connectivity index (χ4n) is 1.44. The summed E-state index contributed by atoms with van der Waals surface area (Å²) in [4.78, 5) is 0. The number of alkyl halides is 3. The summed E-state index contributed by atoms with van der Waals surface area (Å²) in [5.41, 5.74) is 5.29. The van der Waals surface area contributed by atoms with Crippen LogP contribution < -0.4 is 5.73 Å². The summed E-state index contributed by atoms with van der Waals surface area (Å²) in [6, 6.07) is 2.61. The normalized spacial score (nSPS) is 12.0. The molecule has 7 heteroatoms. The van der Waals surface area contributed by atoms with E-state index in [-0.39, 0.29) is 13.1 Å². The van der Waals surface area contributed by atoms with Crippen LogP contribution in [0.1, 0.15) is 17.0 Å². The van der Waals surface area contributed by atoms with E-state index >= 15 is 0 Å². The lowest BCUT2D eigenvalue weighted by Gasteiger charge is -2.02. The number of hydrogen-bond donors (Lipinski definition) is 1. The van der Waals surface area contributed by atoms with Crippen LogP contribution in [0.4, 0.5) is 13.2 Å². The van der Waals surface area contributed by atoms with Crippen LogP contribution in [0, 0.1) is 0 Å². The minimum Gasteiger partial charge on any atom is -0.467 e. The number of aromatic nitrogens is 2. The summed E-state index contributed by atoms with van der Waals surface area (Å²) in [5.74, 6) is 0.518. The standard InChI is InChI=1S/C10H10F3N3O/c11-10(12,13)9-1-3-16(15-9)6-8-7(5-14)2-4-17-8/h1-4H,5-6,14H2. The SMILES string of the molecule is NCc1ccoc1Cn1ccc(C(F)(F)F)n1. The largest absolute Gasteiger partial charge is 0.467 e. The Bertz CT molecular complexity index is 501. The molecule has 4 nitrogen and oxygen atoms in total. The van der Waals surface area contributed by atoms with E-state index in [1.807, 2.05) is 0 Å². The Morgan fingerprint density at radius 2 is 2.12 bits per heavy atom. The van der Waals surface area contributed by atoms with Crippen molar-refractivity contribution in [3.8, 4) is 0 Å². The molecule has 0 bridgehead atoms. The molecule has 92 valence electrons. The van der Waals surface area contributed by atoms with E-state index in [9.17, 15) is 13.2 Å². The van der Waals surface area contributed by atoms with Crippen molar-refractivity contribution in [2.24, 2.45) is 5.73 Å². The van der Waals surface area contributed by atoms with Crippen molar-refractivity contribution < 1.29 is 17.6 Å². The minimum absolute atomic E-state index is 0.135. The highest BCUT2D eigenvalue weighted by Crippen LogP contribution is 2.27. The first-order chi connectivity index (χ1) is 8.00. The first-order valence-electron chi connectivity index (χ1n) is 4.86. The number of furan rings is 1. The summed E-state index contributed by atoms with van der Waals surface area (Å²) in [6.45, 7) is 0.412. The maximum Gasteiger partial charge on any atom is 0.435 e. The Morgan fingerprint density at radius 3 is 2.71 bits per heavy atom. The quantitative estimate of drug-likeness (QED) is 0.899. The Hall–Kier alpha value is -1.76. The minimum atomic E-state index is -4.43. The number of hydrogen-bond acceptors (Lipinski definition) is 3. The van der Waals surface area contributed by atoms with Gasteiger partial charge in [-0.1, -0.05) is 0 Å². The van der Waals surface area contributed by atoms with Crippen molar-refractivity contribution >= 4 is 0 Å². The highest BCUT2D eigenvalue weighted by Gasteiger charge is 2.33. The summed E-state index contributed by atoms with van der Waals surface area (Å²) < 4.78 is 43.2. The van der Waals surface area contributed by atoms with E-state index in [1.165, 1.54) is 17.1 Å². The third-order valence-corrected chi connectivity index (χ3v) is 2.29. The van der Waals surface area contributed by atoms with Gasteiger partial charge in [-0.25, -0.2) is 0 Å². The molecule has 0 aliphatic heterocycles. The lowest BCUT2D eigenvalue weighted by Crippen LogP contribution is -2.09.